The van der Waals surface area contributed by atoms with Gasteiger partial charge in [0, 0.05) is 11.8 Å². The van der Waals surface area contributed by atoms with Gasteiger partial charge in [-0.05, 0) is 56.6 Å². The van der Waals surface area contributed by atoms with Crippen LogP contribution < -0.4 is 20.5 Å². The molecule has 0 bridgehead atoms. The summed E-state index contributed by atoms with van der Waals surface area (Å²) in [5.74, 6) is 0.927. The third-order valence-corrected chi connectivity index (χ3v) is 3.84. The van der Waals surface area contributed by atoms with E-state index in [2.05, 4.69) is 10.3 Å². The van der Waals surface area contributed by atoms with Crippen molar-refractivity contribution in [3.05, 3.63) is 53.3 Å². The van der Waals surface area contributed by atoms with Crippen molar-refractivity contribution in [2.45, 2.75) is 26.3 Å². The summed E-state index contributed by atoms with van der Waals surface area (Å²) in [6, 6.07) is 8.77. The summed E-state index contributed by atoms with van der Waals surface area (Å²) in [5.41, 5.74) is 7.87. The number of nitrogens with zero attached hydrogens (tertiary/aromatic N) is 1. The summed E-state index contributed by atoms with van der Waals surface area (Å²) in [5, 5.41) is 2.97. The Kier molecular flexibility index (Phi) is 6.77. The van der Waals surface area contributed by atoms with Gasteiger partial charge in [0.15, 0.2) is 11.5 Å². The van der Waals surface area contributed by atoms with Crippen LogP contribution in [-0.4, -0.2) is 31.2 Å². The number of carbonyl (C=O) groups excluding carboxylic acids is 1. The molecule has 1 heterocycles. The summed E-state index contributed by atoms with van der Waals surface area (Å²) < 4.78 is 10.9. The average Bonchev–Trinajstić information content (AvgIpc) is 2.62. The smallest absolute Gasteiger partial charge is 0.251 e. The second kappa shape index (κ2) is 9.03. The maximum absolute atomic E-state index is 12.6. The Morgan fingerprint density at radius 1 is 1.32 bits per heavy atom. The SMILES string of the molecule is COc1ccc(C(=O)NC(C)c2ncccc2C)cc1OCCCN. The van der Waals surface area contributed by atoms with E-state index in [1.54, 1.807) is 31.5 Å². The fourth-order valence-corrected chi connectivity index (χ4v) is 2.50. The van der Waals surface area contributed by atoms with Crippen molar-refractivity contribution < 1.29 is 14.3 Å². The first-order chi connectivity index (χ1) is 12.1. The second-order valence-corrected chi connectivity index (χ2v) is 5.76. The number of pyridine rings is 1. The van der Waals surface area contributed by atoms with Gasteiger partial charge in [0.25, 0.3) is 5.91 Å². The number of ether oxygens (including phenoxy) is 2. The molecule has 2 rings (SSSR count). The Bertz CT molecular complexity index is 719. The Labute approximate surface area is 148 Å². The fraction of sp³-hybridized carbons (Fsp3) is 0.368. The summed E-state index contributed by atoms with van der Waals surface area (Å²) >= 11 is 0. The molecule has 0 spiro atoms. The van der Waals surface area contributed by atoms with E-state index in [1.165, 1.54) is 0 Å². The number of amides is 1. The summed E-state index contributed by atoms with van der Waals surface area (Å²) in [6.45, 7) is 4.90. The monoisotopic (exact) mass is 343 g/mol. The molecule has 6 heteroatoms. The van der Waals surface area contributed by atoms with Gasteiger partial charge in [-0.2, -0.15) is 0 Å². The van der Waals surface area contributed by atoms with Crippen LogP contribution >= 0.6 is 0 Å². The Morgan fingerprint density at radius 2 is 2.12 bits per heavy atom. The number of aromatic nitrogens is 1. The predicted octanol–water partition coefficient (Wildman–Crippen LogP) is 2.62. The van der Waals surface area contributed by atoms with Gasteiger partial charge in [-0.1, -0.05) is 6.07 Å². The molecule has 0 fully saturated rings. The molecule has 3 N–H and O–H groups in total. The zero-order chi connectivity index (χ0) is 18.2. The van der Waals surface area contributed by atoms with Crippen LogP contribution in [0.1, 0.15) is 41.0 Å². The largest absolute Gasteiger partial charge is 0.493 e. The second-order valence-electron chi connectivity index (χ2n) is 5.76. The molecule has 1 amide bonds. The lowest BCUT2D eigenvalue weighted by Gasteiger charge is -2.16. The van der Waals surface area contributed by atoms with E-state index in [1.807, 2.05) is 26.0 Å². The number of methoxy groups -OCH3 is 1. The molecule has 0 aliphatic rings. The highest BCUT2D eigenvalue weighted by molar-refractivity contribution is 5.95. The third-order valence-electron chi connectivity index (χ3n) is 3.84. The molecule has 0 aliphatic carbocycles. The molecule has 1 unspecified atom stereocenters. The minimum Gasteiger partial charge on any atom is -0.493 e. The van der Waals surface area contributed by atoms with Crippen LogP contribution in [0.4, 0.5) is 0 Å². The summed E-state index contributed by atoms with van der Waals surface area (Å²) in [4.78, 5) is 16.9. The zero-order valence-electron chi connectivity index (χ0n) is 14.9. The molecule has 0 saturated carbocycles. The number of nitrogens with two attached hydrogens (primary N) is 1. The van der Waals surface area contributed by atoms with E-state index in [4.69, 9.17) is 15.2 Å². The van der Waals surface area contributed by atoms with Crippen LogP contribution in [0.25, 0.3) is 0 Å². The number of hydrogen-bond donors (Lipinski definition) is 2. The average molecular weight is 343 g/mol. The van der Waals surface area contributed by atoms with Crippen molar-refractivity contribution in [2.75, 3.05) is 20.3 Å². The van der Waals surface area contributed by atoms with Crippen LogP contribution in [0.15, 0.2) is 36.5 Å². The zero-order valence-corrected chi connectivity index (χ0v) is 14.9. The van der Waals surface area contributed by atoms with Crippen LogP contribution in [0.5, 0.6) is 11.5 Å². The van der Waals surface area contributed by atoms with E-state index in [0.29, 0.717) is 30.2 Å². The Morgan fingerprint density at radius 3 is 2.80 bits per heavy atom. The minimum atomic E-state index is -0.197. The molecule has 0 radical (unpaired) electrons. The maximum Gasteiger partial charge on any atom is 0.251 e. The number of nitrogens with one attached hydrogen (secondary N) is 1. The van der Waals surface area contributed by atoms with Gasteiger partial charge in [0.1, 0.15) is 0 Å². The number of carbonyl (C=O) groups is 1. The molecule has 2 aromatic rings. The molecule has 1 atom stereocenters. The molecule has 6 nitrogen and oxygen atoms in total. The predicted molar refractivity (Wildman–Crippen MR) is 97.0 cm³/mol. The normalized spacial score (nSPS) is 11.7. The first-order valence-electron chi connectivity index (χ1n) is 8.30. The van der Waals surface area contributed by atoms with Gasteiger partial charge in [0.05, 0.1) is 25.5 Å². The van der Waals surface area contributed by atoms with Gasteiger partial charge in [-0.3, -0.25) is 9.78 Å². The van der Waals surface area contributed by atoms with E-state index < -0.39 is 0 Å². The van der Waals surface area contributed by atoms with Crippen LogP contribution in [-0.2, 0) is 0 Å². The Hall–Kier alpha value is -2.60. The van der Waals surface area contributed by atoms with Crippen molar-refractivity contribution >= 4 is 5.91 Å². The van der Waals surface area contributed by atoms with E-state index >= 15 is 0 Å². The van der Waals surface area contributed by atoms with E-state index in [-0.39, 0.29) is 11.9 Å². The van der Waals surface area contributed by atoms with Crippen LogP contribution in [0.2, 0.25) is 0 Å². The lowest BCUT2D eigenvalue weighted by molar-refractivity contribution is 0.0938. The number of benzene rings is 1. The summed E-state index contributed by atoms with van der Waals surface area (Å²) in [6.07, 6.45) is 2.46. The number of hydrogen-bond acceptors (Lipinski definition) is 5. The maximum atomic E-state index is 12.6. The topological polar surface area (TPSA) is 86.5 Å². The molecule has 1 aromatic carbocycles. The highest BCUT2D eigenvalue weighted by Crippen LogP contribution is 2.28. The molecular formula is C19H25N3O3. The molecule has 0 saturated heterocycles. The van der Waals surface area contributed by atoms with Crippen LogP contribution in [0, 0.1) is 6.92 Å². The van der Waals surface area contributed by atoms with Gasteiger partial charge in [-0.25, -0.2) is 0 Å². The molecule has 1 aromatic heterocycles. The lowest BCUT2D eigenvalue weighted by Crippen LogP contribution is -2.27. The molecule has 0 aliphatic heterocycles. The quantitative estimate of drug-likeness (QED) is 0.720. The van der Waals surface area contributed by atoms with E-state index in [0.717, 1.165) is 17.7 Å². The van der Waals surface area contributed by atoms with Crippen molar-refractivity contribution in [3.63, 3.8) is 0 Å². The van der Waals surface area contributed by atoms with Crippen molar-refractivity contribution in [3.8, 4) is 11.5 Å². The van der Waals surface area contributed by atoms with Crippen molar-refractivity contribution in [1.82, 2.24) is 10.3 Å². The highest BCUT2D eigenvalue weighted by Gasteiger charge is 2.16. The van der Waals surface area contributed by atoms with Gasteiger partial charge < -0.3 is 20.5 Å². The third kappa shape index (κ3) is 4.93. The standard InChI is InChI=1S/C19H25N3O3/c1-13-6-4-10-21-18(13)14(2)22-19(23)15-7-8-16(24-3)17(12-15)25-11-5-9-20/h4,6-8,10,12,14H,5,9,11,20H2,1-3H3,(H,22,23). The number of rotatable bonds is 8. The van der Waals surface area contributed by atoms with Gasteiger partial charge in [-0.15, -0.1) is 0 Å². The number of aryl methyl sites for hydroxylation is 1. The van der Waals surface area contributed by atoms with Crippen LogP contribution in [0.3, 0.4) is 0 Å². The molecule has 25 heavy (non-hydrogen) atoms. The van der Waals surface area contributed by atoms with Gasteiger partial charge in [0.2, 0.25) is 0 Å². The van der Waals surface area contributed by atoms with Gasteiger partial charge >= 0.3 is 0 Å². The molecule has 134 valence electrons. The Balaban J connectivity index is 2.13. The van der Waals surface area contributed by atoms with Crippen molar-refractivity contribution in [2.24, 2.45) is 5.73 Å². The highest BCUT2D eigenvalue weighted by atomic mass is 16.5. The van der Waals surface area contributed by atoms with Crippen molar-refractivity contribution in [1.29, 1.82) is 0 Å². The first-order valence-corrected chi connectivity index (χ1v) is 8.30. The fourth-order valence-electron chi connectivity index (χ4n) is 2.50. The lowest BCUT2D eigenvalue weighted by atomic mass is 10.1. The van der Waals surface area contributed by atoms with E-state index in [9.17, 15) is 4.79 Å². The first kappa shape index (κ1) is 18.7. The minimum absolute atomic E-state index is 0.191. The molecular weight excluding hydrogens is 318 g/mol. The summed E-state index contributed by atoms with van der Waals surface area (Å²) in [7, 11) is 1.57.